The van der Waals surface area contributed by atoms with Gasteiger partial charge in [-0.2, -0.15) is 0 Å². The van der Waals surface area contributed by atoms with Crippen LogP contribution in [0.2, 0.25) is 5.02 Å². The van der Waals surface area contributed by atoms with Gasteiger partial charge in [-0.3, -0.25) is 0 Å². The summed E-state index contributed by atoms with van der Waals surface area (Å²) in [5, 5.41) is 9.30. The maximum absolute atomic E-state index is 13.0. The molecule has 2 aromatic rings. The summed E-state index contributed by atoms with van der Waals surface area (Å²) in [4.78, 5) is 11.0. The first-order chi connectivity index (χ1) is 8.58. The van der Waals surface area contributed by atoms with E-state index in [1.807, 2.05) is 0 Å². The summed E-state index contributed by atoms with van der Waals surface area (Å²) < 4.78 is 18.4. The van der Waals surface area contributed by atoms with Gasteiger partial charge in [-0.1, -0.05) is 23.7 Å². The van der Waals surface area contributed by atoms with Crippen LogP contribution in [0.15, 0.2) is 42.5 Å². The van der Waals surface area contributed by atoms with Crippen molar-refractivity contribution in [2.75, 3.05) is 0 Å². The highest BCUT2D eigenvalue weighted by molar-refractivity contribution is 6.32. The van der Waals surface area contributed by atoms with Gasteiger partial charge in [0.2, 0.25) is 0 Å². The standard InChI is InChI=1S/C13H8ClFO3/c14-10-3-1-2-4-12(10)18-11-6-5-8(15)7-9(11)13(16)17/h1-7H,(H,16,17). The highest BCUT2D eigenvalue weighted by atomic mass is 35.5. The fourth-order valence-corrected chi connectivity index (χ4v) is 1.58. The molecule has 0 atom stereocenters. The van der Waals surface area contributed by atoms with Crippen molar-refractivity contribution in [3.8, 4) is 11.5 Å². The maximum Gasteiger partial charge on any atom is 0.339 e. The van der Waals surface area contributed by atoms with Gasteiger partial charge in [0.05, 0.1) is 5.02 Å². The molecule has 0 aromatic heterocycles. The molecule has 0 saturated heterocycles. The van der Waals surface area contributed by atoms with Crippen LogP contribution < -0.4 is 4.74 Å². The Morgan fingerprint density at radius 3 is 2.56 bits per heavy atom. The first kappa shape index (κ1) is 12.4. The Hall–Kier alpha value is -2.07. The third-order valence-corrected chi connectivity index (χ3v) is 2.54. The smallest absolute Gasteiger partial charge is 0.339 e. The van der Waals surface area contributed by atoms with E-state index in [9.17, 15) is 9.18 Å². The van der Waals surface area contributed by atoms with Crippen molar-refractivity contribution in [3.05, 3.63) is 58.9 Å². The molecule has 0 spiro atoms. The Bertz CT molecular complexity index is 599. The Balaban J connectivity index is 2.41. The fraction of sp³-hybridized carbons (Fsp3) is 0. The summed E-state index contributed by atoms with van der Waals surface area (Å²) in [6, 6.07) is 9.90. The number of carboxylic acids is 1. The second-order valence-corrected chi connectivity index (χ2v) is 3.89. The largest absolute Gasteiger partial charge is 0.478 e. The first-order valence-electron chi connectivity index (χ1n) is 5.03. The lowest BCUT2D eigenvalue weighted by molar-refractivity contribution is 0.0693. The molecule has 0 aliphatic carbocycles. The summed E-state index contributed by atoms with van der Waals surface area (Å²) in [7, 11) is 0. The Morgan fingerprint density at radius 1 is 1.17 bits per heavy atom. The number of ether oxygens (including phenoxy) is 1. The summed E-state index contributed by atoms with van der Waals surface area (Å²) in [6.07, 6.45) is 0. The van der Waals surface area contributed by atoms with Crippen molar-refractivity contribution in [2.45, 2.75) is 0 Å². The minimum atomic E-state index is -1.27. The Labute approximate surface area is 107 Å². The number of benzene rings is 2. The molecule has 0 amide bonds. The second-order valence-electron chi connectivity index (χ2n) is 3.48. The molecule has 0 fully saturated rings. The van der Waals surface area contributed by atoms with Crippen molar-refractivity contribution >= 4 is 17.6 Å². The molecule has 0 saturated carbocycles. The number of hydrogen-bond donors (Lipinski definition) is 1. The lowest BCUT2D eigenvalue weighted by Gasteiger charge is -2.09. The van der Waals surface area contributed by atoms with Crippen LogP contribution in [0.5, 0.6) is 11.5 Å². The number of carboxylic acid groups (broad SMARTS) is 1. The zero-order valence-corrected chi connectivity index (χ0v) is 9.82. The molecule has 0 heterocycles. The van der Waals surface area contributed by atoms with E-state index in [1.54, 1.807) is 24.3 Å². The molecule has 3 nitrogen and oxygen atoms in total. The van der Waals surface area contributed by atoms with Crippen molar-refractivity contribution in [1.82, 2.24) is 0 Å². The van der Waals surface area contributed by atoms with Gasteiger partial charge < -0.3 is 9.84 Å². The lowest BCUT2D eigenvalue weighted by atomic mass is 10.2. The molecular weight excluding hydrogens is 259 g/mol. The molecule has 18 heavy (non-hydrogen) atoms. The van der Waals surface area contributed by atoms with Gasteiger partial charge in [0, 0.05) is 0 Å². The Morgan fingerprint density at radius 2 is 1.89 bits per heavy atom. The maximum atomic E-state index is 13.0. The molecule has 0 unspecified atom stereocenters. The van der Waals surface area contributed by atoms with Crippen LogP contribution in [0.3, 0.4) is 0 Å². The minimum absolute atomic E-state index is 0.0389. The SMILES string of the molecule is O=C(O)c1cc(F)ccc1Oc1ccccc1Cl. The van der Waals surface area contributed by atoms with Crippen LogP contribution >= 0.6 is 11.6 Å². The molecule has 0 aliphatic heterocycles. The number of aromatic carboxylic acids is 1. The van der Waals surface area contributed by atoms with E-state index in [0.717, 1.165) is 12.1 Å². The number of hydrogen-bond acceptors (Lipinski definition) is 2. The minimum Gasteiger partial charge on any atom is -0.478 e. The van der Waals surface area contributed by atoms with E-state index in [0.29, 0.717) is 10.8 Å². The number of halogens is 2. The summed E-state index contributed by atoms with van der Waals surface area (Å²) in [5.41, 5.74) is -0.255. The Kier molecular flexibility index (Phi) is 3.48. The van der Waals surface area contributed by atoms with E-state index in [-0.39, 0.29) is 11.3 Å². The van der Waals surface area contributed by atoms with Gasteiger partial charge in [-0.05, 0) is 30.3 Å². The van der Waals surface area contributed by atoms with E-state index in [2.05, 4.69) is 0 Å². The molecular formula is C13H8ClFO3. The average Bonchev–Trinajstić information content (AvgIpc) is 2.34. The van der Waals surface area contributed by atoms with Crippen LogP contribution in [0, 0.1) is 5.82 Å². The molecule has 0 bridgehead atoms. The second kappa shape index (κ2) is 5.06. The number of carbonyl (C=O) groups is 1. The number of para-hydroxylation sites is 1. The molecule has 2 aromatic carbocycles. The van der Waals surface area contributed by atoms with Crippen molar-refractivity contribution in [3.63, 3.8) is 0 Å². The lowest BCUT2D eigenvalue weighted by Crippen LogP contribution is -2.01. The summed E-state index contributed by atoms with van der Waals surface area (Å²) in [6.45, 7) is 0. The zero-order valence-electron chi connectivity index (χ0n) is 9.06. The zero-order chi connectivity index (χ0) is 13.1. The van der Waals surface area contributed by atoms with Crippen LogP contribution in [-0.2, 0) is 0 Å². The van der Waals surface area contributed by atoms with Crippen LogP contribution in [0.4, 0.5) is 4.39 Å². The third kappa shape index (κ3) is 2.60. The van der Waals surface area contributed by atoms with Gasteiger partial charge in [0.15, 0.2) is 0 Å². The highest BCUT2D eigenvalue weighted by Crippen LogP contribution is 2.31. The van der Waals surface area contributed by atoms with Gasteiger partial charge in [-0.25, -0.2) is 9.18 Å². The quantitative estimate of drug-likeness (QED) is 0.914. The van der Waals surface area contributed by atoms with E-state index in [1.165, 1.54) is 6.07 Å². The molecule has 0 radical (unpaired) electrons. The van der Waals surface area contributed by atoms with Crippen molar-refractivity contribution in [1.29, 1.82) is 0 Å². The highest BCUT2D eigenvalue weighted by Gasteiger charge is 2.14. The van der Waals surface area contributed by atoms with Gasteiger partial charge in [-0.15, -0.1) is 0 Å². The average molecular weight is 267 g/mol. The monoisotopic (exact) mass is 266 g/mol. The normalized spacial score (nSPS) is 10.1. The molecule has 5 heteroatoms. The fourth-order valence-electron chi connectivity index (χ4n) is 1.40. The summed E-state index contributed by atoms with van der Waals surface area (Å²) >= 11 is 5.89. The van der Waals surface area contributed by atoms with Crippen LogP contribution in [0.1, 0.15) is 10.4 Å². The topological polar surface area (TPSA) is 46.5 Å². The van der Waals surface area contributed by atoms with Crippen molar-refractivity contribution in [2.24, 2.45) is 0 Å². The van der Waals surface area contributed by atoms with Gasteiger partial charge >= 0.3 is 5.97 Å². The van der Waals surface area contributed by atoms with Gasteiger partial charge in [0.25, 0.3) is 0 Å². The predicted molar refractivity (Wildman–Crippen MR) is 64.9 cm³/mol. The molecule has 2 rings (SSSR count). The van der Waals surface area contributed by atoms with Crippen LogP contribution in [0.25, 0.3) is 0 Å². The molecule has 1 N–H and O–H groups in total. The summed E-state index contributed by atoms with van der Waals surface area (Å²) in [5.74, 6) is -1.55. The first-order valence-corrected chi connectivity index (χ1v) is 5.41. The van der Waals surface area contributed by atoms with E-state index < -0.39 is 11.8 Å². The van der Waals surface area contributed by atoms with Crippen LogP contribution in [-0.4, -0.2) is 11.1 Å². The predicted octanol–water partition coefficient (Wildman–Crippen LogP) is 3.97. The molecule has 92 valence electrons. The van der Waals surface area contributed by atoms with E-state index >= 15 is 0 Å². The van der Waals surface area contributed by atoms with Crippen molar-refractivity contribution < 1.29 is 19.0 Å². The third-order valence-electron chi connectivity index (χ3n) is 2.23. The molecule has 0 aliphatic rings. The van der Waals surface area contributed by atoms with E-state index in [4.69, 9.17) is 21.4 Å². The van der Waals surface area contributed by atoms with Gasteiger partial charge in [0.1, 0.15) is 22.9 Å². The number of rotatable bonds is 3.